The summed E-state index contributed by atoms with van der Waals surface area (Å²) in [6.45, 7) is 0. The Labute approximate surface area is 96.9 Å². The maximum Gasteiger partial charge on any atom is 0.371 e. The third-order valence-corrected chi connectivity index (χ3v) is 3.20. The van der Waals surface area contributed by atoms with Crippen LogP contribution in [0.2, 0.25) is 0 Å². The normalized spacial score (nSPS) is 11.1. The first-order chi connectivity index (χ1) is 7.84. The van der Waals surface area contributed by atoms with Gasteiger partial charge < -0.3 is 14.3 Å². The Hall–Kier alpha value is -1.83. The van der Waals surface area contributed by atoms with Gasteiger partial charge in [-0.3, -0.25) is 4.79 Å². The Morgan fingerprint density at radius 1 is 1.41 bits per heavy atom. The summed E-state index contributed by atoms with van der Waals surface area (Å²) in [5, 5.41) is 8.56. The highest BCUT2D eigenvalue weighted by molar-refractivity contribution is 7.91. The quantitative estimate of drug-likeness (QED) is 0.747. The van der Waals surface area contributed by atoms with Crippen molar-refractivity contribution in [3.05, 3.63) is 23.7 Å². The molecule has 0 saturated carbocycles. The van der Waals surface area contributed by atoms with Crippen LogP contribution < -0.4 is 0 Å². The van der Waals surface area contributed by atoms with E-state index in [0.717, 1.165) is 13.2 Å². The number of carboxylic acid groups (broad SMARTS) is 1. The molecule has 1 aromatic heterocycles. The number of carbonyl (C=O) groups is 2. The van der Waals surface area contributed by atoms with Gasteiger partial charge in [0.2, 0.25) is 5.76 Å². The molecule has 0 saturated heterocycles. The Morgan fingerprint density at radius 2 is 2.06 bits per heavy atom. The summed E-state index contributed by atoms with van der Waals surface area (Å²) >= 11 is 0. The summed E-state index contributed by atoms with van der Waals surface area (Å²) < 4.78 is 31.9. The standard InChI is InChI=1S/C9H10O7S/c1-15-8(10)5-17(13,14)4-6-2-3-7(16-6)9(11)12/h2-3H,4-5H2,1H3,(H,11,12). The molecule has 1 heterocycles. The lowest BCUT2D eigenvalue weighted by molar-refractivity contribution is -0.137. The molecule has 0 aliphatic rings. The molecule has 0 radical (unpaired) electrons. The summed E-state index contributed by atoms with van der Waals surface area (Å²) in [5.41, 5.74) is 0. The van der Waals surface area contributed by atoms with Gasteiger partial charge >= 0.3 is 11.9 Å². The van der Waals surface area contributed by atoms with E-state index in [9.17, 15) is 18.0 Å². The Kier molecular flexibility index (Phi) is 3.89. The molecule has 17 heavy (non-hydrogen) atoms. The molecular weight excluding hydrogens is 252 g/mol. The van der Waals surface area contributed by atoms with Crippen LogP contribution in [0.15, 0.2) is 16.5 Å². The third-order valence-electron chi connectivity index (χ3n) is 1.80. The predicted molar refractivity (Wildman–Crippen MR) is 55.2 cm³/mol. The molecule has 0 unspecified atom stereocenters. The number of sulfone groups is 1. The van der Waals surface area contributed by atoms with Gasteiger partial charge in [0, 0.05) is 0 Å². The van der Waals surface area contributed by atoms with Crippen molar-refractivity contribution in [3.8, 4) is 0 Å². The fourth-order valence-corrected chi connectivity index (χ4v) is 2.24. The number of aromatic carboxylic acids is 1. The lowest BCUT2D eigenvalue weighted by Crippen LogP contribution is -2.18. The molecule has 94 valence electrons. The fraction of sp³-hybridized carbons (Fsp3) is 0.333. The lowest BCUT2D eigenvalue weighted by Gasteiger charge is -2.00. The molecule has 0 amide bonds. The zero-order valence-corrected chi connectivity index (χ0v) is 9.69. The number of furan rings is 1. The number of ether oxygens (including phenoxy) is 1. The van der Waals surface area contributed by atoms with E-state index in [1.807, 2.05) is 0 Å². The van der Waals surface area contributed by atoms with Gasteiger partial charge in [0.25, 0.3) is 0 Å². The van der Waals surface area contributed by atoms with Crippen LogP contribution in [0.25, 0.3) is 0 Å². The highest BCUT2D eigenvalue weighted by atomic mass is 32.2. The number of carbonyl (C=O) groups excluding carboxylic acids is 1. The number of rotatable bonds is 5. The maximum absolute atomic E-state index is 11.4. The van der Waals surface area contributed by atoms with Crippen molar-refractivity contribution < 1.29 is 32.3 Å². The molecule has 8 heteroatoms. The third kappa shape index (κ3) is 3.91. The fourth-order valence-electron chi connectivity index (χ4n) is 1.08. The molecule has 1 N–H and O–H groups in total. The Balaban J connectivity index is 2.76. The van der Waals surface area contributed by atoms with Crippen molar-refractivity contribution in [2.75, 3.05) is 12.9 Å². The summed E-state index contributed by atoms with van der Waals surface area (Å²) in [6, 6.07) is 2.38. The number of methoxy groups -OCH3 is 1. The van der Waals surface area contributed by atoms with Crippen molar-refractivity contribution in [2.45, 2.75) is 5.75 Å². The first-order valence-corrected chi connectivity index (χ1v) is 6.25. The number of carboxylic acids is 1. The van der Waals surface area contributed by atoms with Gasteiger partial charge in [-0.25, -0.2) is 13.2 Å². The van der Waals surface area contributed by atoms with Gasteiger partial charge in [0.1, 0.15) is 17.3 Å². The van der Waals surface area contributed by atoms with Crippen LogP contribution in [0, 0.1) is 0 Å². The summed E-state index contributed by atoms with van der Waals surface area (Å²) in [6.07, 6.45) is 0. The molecule has 0 fully saturated rings. The molecule has 0 aromatic carbocycles. The maximum atomic E-state index is 11.4. The zero-order chi connectivity index (χ0) is 13.1. The minimum atomic E-state index is -3.72. The van der Waals surface area contributed by atoms with E-state index in [2.05, 4.69) is 4.74 Å². The van der Waals surface area contributed by atoms with Crippen molar-refractivity contribution >= 4 is 21.8 Å². The second kappa shape index (κ2) is 5.00. The highest BCUT2D eigenvalue weighted by Gasteiger charge is 2.20. The van der Waals surface area contributed by atoms with E-state index in [4.69, 9.17) is 9.52 Å². The molecule has 1 rings (SSSR count). The van der Waals surface area contributed by atoms with Crippen LogP contribution >= 0.6 is 0 Å². The first-order valence-electron chi connectivity index (χ1n) is 4.43. The van der Waals surface area contributed by atoms with E-state index in [-0.39, 0.29) is 11.5 Å². The Morgan fingerprint density at radius 3 is 2.53 bits per heavy atom. The minimum Gasteiger partial charge on any atom is -0.475 e. The van der Waals surface area contributed by atoms with Crippen molar-refractivity contribution in [3.63, 3.8) is 0 Å². The SMILES string of the molecule is COC(=O)CS(=O)(=O)Cc1ccc(C(=O)O)o1. The Bertz CT molecular complexity index is 525. The summed E-state index contributed by atoms with van der Waals surface area (Å²) in [4.78, 5) is 21.3. The molecule has 0 aliphatic heterocycles. The largest absolute Gasteiger partial charge is 0.475 e. The van der Waals surface area contributed by atoms with Crippen molar-refractivity contribution in [1.82, 2.24) is 0 Å². The van der Waals surface area contributed by atoms with Gasteiger partial charge in [0.15, 0.2) is 9.84 Å². The topological polar surface area (TPSA) is 111 Å². The van der Waals surface area contributed by atoms with Gasteiger partial charge in [-0.15, -0.1) is 0 Å². The molecular formula is C9H10O7S. The van der Waals surface area contributed by atoms with Gasteiger partial charge in [-0.1, -0.05) is 0 Å². The number of esters is 1. The van der Waals surface area contributed by atoms with Crippen LogP contribution in [0.5, 0.6) is 0 Å². The predicted octanol–water partition coefficient (Wildman–Crippen LogP) is 0.0656. The van der Waals surface area contributed by atoms with E-state index >= 15 is 0 Å². The van der Waals surface area contributed by atoms with Crippen LogP contribution in [0.4, 0.5) is 0 Å². The summed E-state index contributed by atoms with van der Waals surface area (Å²) in [5.74, 6) is -3.88. The lowest BCUT2D eigenvalue weighted by atomic mass is 10.4. The van der Waals surface area contributed by atoms with Crippen molar-refractivity contribution in [1.29, 1.82) is 0 Å². The van der Waals surface area contributed by atoms with E-state index in [1.54, 1.807) is 0 Å². The van der Waals surface area contributed by atoms with E-state index in [0.29, 0.717) is 0 Å². The highest BCUT2D eigenvalue weighted by Crippen LogP contribution is 2.12. The van der Waals surface area contributed by atoms with Crippen LogP contribution in [-0.2, 0) is 25.1 Å². The average molecular weight is 262 g/mol. The van der Waals surface area contributed by atoms with Gasteiger partial charge in [-0.2, -0.15) is 0 Å². The zero-order valence-electron chi connectivity index (χ0n) is 8.87. The molecule has 0 atom stereocenters. The van der Waals surface area contributed by atoms with Gasteiger partial charge in [0.05, 0.1) is 7.11 Å². The molecule has 0 aliphatic carbocycles. The number of hydrogen-bond donors (Lipinski definition) is 1. The molecule has 1 aromatic rings. The summed E-state index contributed by atoms with van der Waals surface area (Å²) in [7, 11) is -2.64. The van der Waals surface area contributed by atoms with Gasteiger partial charge in [-0.05, 0) is 12.1 Å². The van der Waals surface area contributed by atoms with E-state index in [1.165, 1.54) is 6.07 Å². The number of hydrogen-bond acceptors (Lipinski definition) is 6. The average Bonchev–Trinajstić information content (AvgIpc) is 2.64. The van der Waals surface area contributed by atoms with Crippen LogP contribution in [0.1, 0.15) is 16.3 Å². The van der Waals surface area contributed by atoms with Crippen molar-refractivity contribution in [2.24, 2.45) is 0 Å². The second-order valence-corrected chi connectivity index (χ2v) is 5.24. The van der Waals surface area contributed by atoms with Crippen LogP contribution in [-0.4, -0.2) is 38.3 Å². The second-order valence-electron chi connectivity index (χ2n) is 3.18. The smallest absolute Gasteiger partial charge is 0.371 e. The minimum absolute atomic E-state index is 0.0358. The molecule has 0 bridgehead atoms. The van der Waals surface area contributed by atoms with E-state index < -0.39 is 33.3 Å². The first kappa shape index (κ1) is 13.2. The van der Waals surface area contributed by atoms with Crippen LogP contribution in [0.3, 0.4) is 0 Å². The molecule has 7 nitrogen and oxygen atoms in total. The monoisotopic (exact) mass is 262 g/mol. The molecule has 0 spiro atoms.